The molecule has 9 nitrogen and oxygen atoms in total. The van der Waals surface area contributed by atoms with Crippen molar-refractivity contribution in [2.75, 3.05) is 26.2 Å². The van der Waals surface area contributed by atoms with Gasteiger partial charge in [0.1, 0.15) is 17.3 Å². The molecule has 5 rings (SSSR count). The number of hydrogen-bond acceptors (Lipinski definition) is 6. The molecule has 1 fully saturated rings. The number of carbonyl (C=O) groups is 2. The largest absolute Gasteiger partial charge is 0.340 e. The molecule has 3 aromatic rings. The van der Waals surface area contributed by atoms with Crippen LogP contribution in [0.3, 0.4) is 0 Å². The number of carbonyl (C=O) groups excluding carboxylic acids is 2. The minimum atomic E-state index is -4.06. The van der Waals surface area contributed by atoms with E-state index in [0.717, 1.165) is 5.56 Å². The van der Waals surface area contributed by atoms with E-state index in [2.05, 4.69) is 11.1 Å². The minimum absolute atomic E-state index is 0.0890. The molecule has 2 aliphatic rings. The fraction of sp³-hybridized carbons (Fsp3) is 0.333. The van der Waals surface area contributed by atoms with Gasteiger partial charge in [-0.1, -0.05) is 35.3 Å². The van der Waals surface area contributed by atoms with Gasteiger partial charge in [0.25, 0.3) is 10.0 Å². The maximum atomic E-state index is 14.2. The fourth-order valence-corrected chi connectivity index (χ4v) is 7.61. The first-order valence-corrected chi connectivity index (χ1v) is 14.5. The van der Waals surface area contributed by atoms with Gasteiger partial charge in [-0.15, -0.1) is 0 Å². The van der Waals surface area contributed by atoms with Crippen LogP contribution in [0, 0.1) is 11.3 Å². The first kappa shape index (κ1) is 27.3. The summed E-state index contributed by atoms with van der Waals surface area (Å²) < 4.78 is 30.7. The van der Waals surface area contributed by atoms with E-state index in [4.69, 9.17) is 23.2 Å². The topological polar surface area (TPSA) is 116 Å². The van der Waals surface area contributed by atoms with E-state index in [9.17, 15) is 23.3 Å². The Morgan fingerprint density at radius 1 is 1.10 bits per heavy atom. The van der Waals surface area contributed by atoms with E-state index >= 15 is 0 Å². The molecule has 0 bridgehead atoms. The van der Waals surface area contributed by atoms with Crippen molar-refractivity contribution in [3.8, 4) is 6.07 Å². The van der Waals surface area contributed by atoms with Crippen molar-refractivity contribution in [1.29, 1.82) is 5.26 Å². The first-order valence-electron chi connectivity index (χ1n) is 12.3. The van der Waals surface area contributed by atoms with Crippen molar-refractivity contribution in [2.24, 2.45) is 0 Å². The minimum Gasteiger partial charge on any atom is -0.340 e. The van der Waals surface area contributed by atoms with Gasteiger partial charge in [-0.2, -0.15) is 9.57 Å². The first-order chi connectivity index (χ1) is 18.5. The maximum Gasteiger partial charge on any atom is 0.260 e. The number of imidazole rings is 1. The highest BCUT2D eigenvalue weighted by Gasteiger charge is 2.53. The number of nitrogens with zero attached hydrogens (tertiary/aromatic N) is 5. The third kappa shape index (κ3) is 4.74. The van der Waals surface area contributed by atoms with Crippen LogP contribution in [0.25, 0.3) is 0 Å². The zero-order chi connectivity index (χ0) is 28.1. The summed E-state index contributed by atoms with van der Waals surface area (Å²) in [6, 6.07) is 13.7. The summed E-state index contributed by atoms with van der Waals surface area (Å²) in [6.07, 6.45) is 1.47. The molecule has 2 unspecified atom stereocenters. The molecule has 12 heteroatoms. The second kappa shape index (κ2) is 10.1. The van der Waals surface area contributed by atoms with E-state index in [-0.39, 0.29) is 55.1 Å². The molecule has 2 atom stereocenters. The SMILES string of the molecule is CC(=O)N1CCN(S(=O)(=O)c2cnc3n2C(C)(Cc2ccc(C#N)cc2)C(=O)C3c2cc(Cl)cc(Cl)c2)CC1. The highest BCUT2D eigenvalue weighted by molar-refractivity contribution is 7.89. The van der Waals surface area contributed by atoms with Crippen molar-refractivity contribution in [3.05, 3.63) is 81.2 Å². The van der Waals surface area contributed by atoms with Crippen LogP contribution < -0.4 is 0 Å². The number of halogens is 2. The fourth-order valence-electron chi connectivity index (χ4n) is 5.45. The molecule has 2 aromatic carbocycles. The zero-order valence-electron chi connectivity index (χ0n) is 21.3. The smallest absolute Gasteiger partial charge is 0.260 e. The van der Waals surface area contributed by atoms with E-state index in [1.165, 1.54) is 22.0 Å². The quantitative estimate of drug-likeness (QED) is 0.451. The molecular weight excluding hydrogens is 561 g/mol. The normalized spacial score (nSPS) is 21.6. The van der Waals surface area contributed by atoms with Crippen molar-refractivity contribution in [3.63, 3.8) is 0 Å². The zero-order valence-corrected chi connectivity index (χ0v) is 23.6. The highest BCUT2D eigenvalue weighted by Crippen LogP contribution is 2.45. The lowest BCUT2D eigenvalue weighted by atomic mass is 9.83. The summed E-state index contributed by atoms with van der Waals surface area (Å²) >= 11 is 12.5. The average Bonchev–Trinajstić information content (AvgIpc) is 3.42. The van der Waals surface area contributed by atoms with Crippen molar-refractivity contribution in [1.82, 2.24) is 18.8 Å². The summed E-state index contributed by atoms with van der Waals surface area (Å²) in [4.78, 5) is 32.1. The standard InChI is InChI=1S/C27H25Cl2N5O4S/c1-17(35)32-7-9-33(10-8-32)39(37,38)23-16-31-26-24(20-11-21(28)13-22(29)12-20)25(36)27(2,34(23)26)14-18-3-5-19(15-30)6-4-18/h3-6,11-13,16,24H,7-10,14H2,1-2H3. The van der Waals surface area contributed by atoms with Crippen LogP contribution in [0.2, 0.25) is 10.0 Å². The van der Waals surface area contributed by atoms with Gasteiger partial charge in [-0.25, -0.2) is 13.4 Å². The van der Waals surface area contributed by atoms with Crippen LogP contribution in [0.1, 0.15) is 42.3 Å². The van der Waals surface area contributed by atoms with Gasteiger partial charge >= 0.3 is 0 Å². The number of aromatic nitrogens is 2. The Bertz CT molecular complexity index is 1600. The van der Waals surface area contributed by atoms with E-state index in [1.807, 2.05) is 0 Å². The molecule has 3 heterocycles. The maximum absolute atomic E-state index is 14.2. The van der Waals surface area contributed by atoms with Gasteiger partial charge in [0.05, 0.1) is 17.8 Å². The predicted octanol–water partition coefficient (Wildman–Crippen LogP) is 3.59. The van der Waals surface area contributed by atoms with Crippen LogP contribution in [-0.2, 0) is 31.6 Å². The Morgan fingerprint density at radius 2 is 1.72 bits per heavy atom. The number of rotatable bonds is 5. The Hall–Kier alpha value is -3.23. The van der Waals surface area contributed by atoms with Crippen LogP contribution in [0.15, 0.2) is 53.7 Å². The van der Waals surface area contributed by atoms with Gasteiger partial charge < -0.3 is 9.47 Å². The molecule has 1 amide bonds. The summed E-state index contributed by atoms with van der Waals surface area (Å²) in [5, 5.41) is 9.78. The summed E-state index contributed by atoms with van der Waals surface area (Å²) in [5.74, 6) is -0.953. The lowest BCUT2D eigenvalue weighted by Gasteiger charge is -2.34. The number of piperazine rings is 1. The third-order valence-electron chi connectivity index (χ3n) is 7.44. The van der Waals surface area contributed by atoms with Gasteiger partial charge in [0.15, 0.2) is 10.8 Å². The van der Waals surface area contributed by atoms with Crippen LogP contribution >= 0.6 is 23.2 Å². The van der Waals surface area contributed by atoms with Crippen molar-refractivity contribution >= 4 is 44.9 Å². The monoisotopic (exact) mass is 585 g/mol. The van der Waals surface area contributed by atoms with E-state index < -0.39 is 21.5 Å². The Balaban J connectivity index is 1.62. The summed E-state index contributed by atoms with van der Waals surface area (Å²) in [6.45, 7) is 3.99. The molecular formula is C27H25Cl2N5O4S. The molecule has 39 heavy (non-hydrogen) atoms. The number of nitriles is 1. The number of ketones is 1. The molecule has 202 valence electrons. The van der Waals surface area contributed by atoms with Gasteiger partial charge in [-0.05, 0) is 48.4 Å². The molecule has 0 spiro atoms. The van der Waals surface area contributed by atoms with Gasteiger partial charge in [-0.3, -0.25) is 9.59 Å². The van der Waals surface area contributed by atoms with Crippen molar-refractivity contribution < 1.29 is 18.0 Å². The van der Waals surface area contributed by atoms with Crippen molar-refractivity contribution in [2.45, 2.75) is 36.8 Å². The third-order valence-corrected chi connectivity index (χ3v) is 9.74. The lowest BCUT2D eigenvalue weighted by molar-refractivity contribution is -0.130. The number of sulfonamides is 1. The number of amides is 1. The van der Waals surface area contributed by atoms with Gasteiger partial charge in [0, 0.05) is 49.6 Å². The Kier molecular flexibility index (Phi) is 7.06. The number of fused-ring (bicyclic) bond motifs is 1. The second-order valence-corrected chi connectivity index (χ2v) is 12.7. The van der Waals surface area contributed by atoms with Crippen LogP contribution in [0.5, 0.6) is 0 Å². The van der Waals surface area contributed by atoms with Gasteiger partial charge in [0.2, 0.25) is 5.91 Å². The number of hydrogen-bond donors (Lipinski definition) is 0. The molecule has 1 saturated heterocycles. The molecule has 0 saturated carbocycles. The predicted molar refractivity (Wildman–Crippen MR) is 145 cm³/mol. The average molecular weight is 587 g/mol. The summed E-state index contributed by atoms with van der Waals surface area (Å²) in [5.41, 5.74) is 0.437. The Morgan fingerprint density at radius 3 is 2.28 bits per heavy atom. The molecule has 2 aliphatic heterocycles. The highest BCUT2D eigenvalue weighted by atomic mass is 35.5. The molecule has 1 aromatic heterocycles. The van der Waals surface area contributed by atoms with E-state index in [1.54, 1.807) is 54.3 Å². The Labute approximate surface area is 236 Å². The lowest BCUT2D eigenvalue weighted by Crippen LogP contribution is -2.50. The molecule has 0 aliphatic carbocycles. The number of benzene rings is 2. The molecule has 0 radical (unpaired) electrons. The van der Waals surface area contributed by atoms with Crippen LogP contribution in [-0.4, -0.2) is 65.0 Å². The molecule has 0 N–H and O–H groups in total. The number of Topliss-reactive ketones (excluding diaryl/α,β-unsaturated/α-hetero) is 1. The van der Waals surface area contributed by atoms with Crippen LogP contribution in [0.4, 0.5) is 0 Å². The van der Waals surface area contributed by atoms with E-state index in [0.29, 0.717) is 21.2 Å². The second-order valence-electron chi connectivity index (χ2n) is 9.96. The summed E-state index contributed by atoms with van der Waals surface area (Å²) in [7, 11) is -4.06.